The van der Waals surface area contributed by atoms with E-state index in [9.17, 15) is 0 Å². The third kappa shape index (κ3) is 2.85. The largest absolute Gasteiger partial charge is 0.380 e. The Hall–Kier alpha value is -0.820. The van der Waals surface area contributed by atoms with Crippen molar-refractivity contribution in [3.63, 3.8) is 0 Å². The molecule has 0 spiro atoms. The van der Waals surface area contributed by atoms with E-state index >= 15 is 0 Å². The highest BCUT2D eigenvalue weighted by atomic mass is 16.5. The number of ether oxygens (including phenoxy) is 1. The van der Waals surface area contributed by atoms with Crippen LogP contribution >= 0.6 is 0 Å². The molecule has 0 aliphatic carbocycles. The maximum Gasteiger partial charge on any atom is 0.0545 e. The molecule has 2 rings (SSSR count). The maximum atomic E-state index is 5.21. The zero-order valence-corrected chi connectivity index (χ0v) is 9.42. The van der Waals surface area contributed by atoms with Crippen LogP contribution in [0.25, 0.3) is 0 Å². The van der Waals surface area contributed by atoms with Crippen molar-refractivity contribution < 1.29 is 4.74 Å². The first-order valence-corrected chi connectivity index (χ1v) is 5.40. The summed E-state index contributed by atoms with van der Waals surface area (Å²) in [5, 5.41) is 0. The Morgan fingerprint density at radius 3 is 2.14 bits per heavy atom. The number of hydrogen-bond donors (Lipinski definition) is 0. The Morgan fingerprint density at radius 1 is 1.14 bits per heavy atom. The highest BCUT2D eigenvalue weighted by Gasteiger charge is 2.32. The monoisotopic (exact) mass is 192 g/mol. The average molecular weight is 192 g/mol. The standard InChI is InChI=1S/C11H14O.C2H6/c1-11(8-12-9-11)7-10-5-3-2-4-6-10;1-2/h2-6H,7-9H2,1H3;1-2H3. The molecule has 0 unspecified atom stereocenters. The zero-order valence-electron chi connectivity index (χ0n) is 9.42. The first-order chi connectivity index (χ1) is 6.79. The molecule has 0 amide bonds. The Labute approximate surface area is 87.1 Å². The minimum absolute atomic E-state index is 0.404. The van der Waals surface area contributed by atoms with Crippen molar-refractivity contribution in [2.24, 2.45) is 5.41 Å². The lowest BCUT2D eigenvalue weighted by molar-refractivity contribution is -0.100. The van der Waals surface area contributed by atoms with Crippen molar-refractivity contribution >= 4 is 0 Å². The van der Waals surface area contributed by atoms with Gasteiger partial charge < -0.3 is 4.74 Å². The van der Waals surface area contributed by atoms with E-state index < -0.39 is 0 Å². The molecule has 1 aromatic rings. The second kappa shape index (κ2) is 5.16. The van der Waals surface area contributed by atoms with Gasteiger partial charge in [0.25, 0.3) is 0 Å². The molecule has 0 saturated carbocycles. The summed E-state index contributed by atoms with van der Waals surface area (Å²) in [5.74, 6) is 0. The van der Waals surface area contributed by atoms with Crippen LogP contribution in [0, 0.1) is 5.41 Å². The number of hydrogen-bond acceptors (Lipinski definition) is 1. The third-order valence-corrected chi connectivity index (χ3v) is 2.37. The van der Waals surface area contributed by atoms with Gasteiger partial charge in [0.2, 0.25) is 0 Å². The van der Waals surface area contributed by atoms with Gasteiger partial charge in [0.05, 0.1) is 13.2 Å². The van der Waals surface area contributed by atoms with Crippen LogP contribution < -0.4 is 0 Å². The Morgan fingerprint density at radius 2 is 1.71 bits per heavy atom. The van der Waals surface area contributed by atoms with Crippen molar-refractivity contribution in [1.29, 1.82) is 0 Å². The summed E-state index contributed by atoms with van der Waals surface area (Å²) >= 11 is 0. The first-order valence-electron chi connectivity index (χ1n) is 5.40. The molecule has 1 aliphatic rings. The maximum absolute atomic E-state index is 5.21. The van der Waals surface area contributed by atoms with E-state index in [1.165, 1.54) is 5.56 Å². The van der Waals surface area contributed by atoms with Crippen molar-refractivity contribution in [1.82, 2.24) is 0 Å². The smallest absolute Gasteiger partial charge is 0.0545 e. The Balaban J connectivity index is 0.000000461. The molecule has 1 nitrogen and oxygen atoms in total. The van der Waals surface area contributed by atoms with Crippen LogP contribution in [0.1, 0.15) is 26.3 Å². The summed E-state index contributed by atoms with van der Waals surface area (Å²) in [6, 6.07) is 10.6. The summed E-state index contributed by atoms with van der Waals surface area (Å²) < 4.78 is 5.21. The second-order valence-electron chi connectivity index (χ2n) is 3.97. The lowest BCUT2D eigenvalue weighted by atomic mass is 9.82. The predicted molar refractivity (Wildman–Crippen MR) is 60.4 cm³/mol. The minimum Gasteiger partial charge on any atom is -0.380 e. The van der Waals surface area contributed by atoms with E-state index in [-0.39, 0.29) is 0 Å². The molecule has 1 heteroatoms. The van der Waals surface area contributed by atoms with Crippen molar-refractivity contribution in [3.05, 3.63) is 35.9 Å². The molecule has 0 aromatic heterocycles. The fourth-order valence-corrected chi connectivity index (χ4v) is 1.64. The predicted octanol–water partition coefficient (Wildman–Crippen LogP) is 3.29. The molecule has 0 bridgehead atoms. The van der Waals surface area contributed by atoms with E-state index in [0.717, 1.165) is 19.6 Å². The van der Waals surface area contributed by atoms with Crippen molar-refractivity contribution in [2.75, 3.05) is 13.2 Å². The normalized spacial score (nSPS) is 17.6. The zero-order chi connectivity index (χ0) is 10.4. The quantitative estimate of drug-likeness (QED) is 0.698. The van der Waals surface area contributed by atoms with Crippen LogP contribution in [-0.2, 0) is 11.2 Å². The van der Waals surface area contributed by atoms with E-state index in [4.69, 9.17) is 4.74 Å². The van der Waals surface area contributed by atoms with Crippen LogP contribution in [0.15, 0.2) is 30.3 Å². The third-order valence-electron chi connectivity index (χ3n) is 2.37. The van der Waals surface area contributed by atoms with Gasteiger partial charge >= 0.3 is 0 Å². The highest BCUT2D eigenvalue weighted by Crippen LogP contribution is 2.30. The molecule has 1 saturated heterocycles. The van der Waals surface area contributed by atoms with Crippen LogP contribution in [-0.4, -0.2) is 13.2 Å². The van der Waals surface area contributed by atoms with Crippen molar-refractivity contribution in [2.45, 2.75) is 27.2 Å². The lowest BCUT2D eigenvalue weighted by Crippen LogP contribution is -2.41. The van der Waals surface area contributed by atoms with Gasteiger partial charge in [-0.15, -0.1) is 0 Å². The summed E-state index contributed by atoms with van der Waals surface area (Å²) in [6.07, 6.45) is 1.15. The Bertz CT molecular complexity index is 249. The summed E-state index contributed by atoms with van der Waals surface area (Å²) in [6.45, 7) is 8.12. The van der Waals surface area contributed by atoms with E-state index in [1.54, 1.807) is 0 Å². The molecule has 78 valence electrons. The van der Waals surface area contributed by atoms with Crippen LogP contribution in [0.5, 0.6) is 0 Å². The minimum atomic E-state index is 0.404. The molecule has 0 radical (unpaired) electrons. The van der Waals surface area contributed by atoms with Crippen molar-refractivity contribution in [3.8, 4) is 0 Å². The van der Waals surface area contributed by atoms with Crippen LogP contribution in [0.2, 0.25) is 0 Å². The van der Waals surface area contributed by atoms with Gasteiger partial charge in [0.15, 0.2) is 0 Å². The van der Waals surface area contributed by atoms with E-state index in [2.05, 4.69) is 37.3 Å². The summed E-state index contributed by atoms with van der Waals surface area (Å²) in [4.78, 5) is 0. The van der Waals surface area contributed by atoms with Gasteiger partial charge in [-0.1, -0.05) is 51.1 Å². The fourth-order valence-electron chi connectivity index (χ4n) is 1.64. The summed E-state index contributed by atoms with van der Waals surface area (Å²) in [7, 11) is 0. The van der Waals surface area contributed by atoms with E-state index in [0.29, 0.717) is 5.41 Å². The van der Waals surface area contributed by atoms with Crippen LogP contribution in [0.4, 0.5) is 0 Å². The first kappa shape index (κ1) is 11.3. The van der Waals surface area contributed by atoms with Gasteiger partial charge in [-0.3, -0.25) is 0 Å². The lowest BCUT2D eigenvalue weighted by Gasteiger charge is -2.38. The number of benzene rings is 1. The van der Waals surface area contributed by atoms with Gasteiger partial charge in [0.1, 0.15) is 0 Å². The molecule has 1 aromatic carbocycles. The van der Waals surface area contributed by atoms with Crippen LogP contribution in [0.3, 0.4) is 0 Å². The molecule has 0 N–H and O–H groups in total. The second-order valence-corrected chi connectivity index (χ2v) is 3.97. The molecule has 14 heavy (non-hydrogen) atoms. The van der Waals surface area contributed by atoms with Gasteiger partial charge in [-0.25, -0.2) is 0 Å². The van der Waals surface area contributed by atoms with Gasteiger partial charge in [-0.05, 0) is 12.0 Å². The van der Waals surface area contributed by atoms with Gasteiger partial charge in [0, 0.05) is 5.41 Å². The molecule has 0 atom stereocenters. The average Bonchev–Trinajstić information content (AvgIpc) is 2.20. The fraction of sp³-hybridized carbons (Fsp3) is 0.538. The molecular weight excluding hydrogens is 172 g/mol. The Kier molecular flexibility index (Phi) is 4.15. The van der Waals surface area contributed by atoms with Gasteiger partial charge in [-0.2, -0.15) is 0 Å². The molecular formula is C13H20O. The SMILES string of the molecule is CC.CC1(Cc2ccccc2)COC1. The molecule has 1 aliphatic heterocycles. The molecule has 1 heterocycles. The highest BCUT2D eigenvalue weighted by molar-refractivity contribution is 5.16. The van der Waals surface area contributed by atoms with E-state index in [1.807, 2.05) is 13.8 Å². The number of rotatable bonds is 2. The summed E-state index contributed by atoms with van der Waals surface area (Å²) in [5.41, 5.74) is 1.82. The molecule has 1 fully saturated rings. The topological polar surface area (TPSA) is 9.23 Å².